The van der Waals surface area contributed by atoms with Gasteiger partial charge in [0.05, 0.1) is 5.39 Å². The van der Waals surface area contributed by atoms with Gasteiger partial charge in [0, 0.05) is 4.88 Å². The summed E-state index contributed by atoms with van der Waals surface area (Å²) in [7, 11) is 0. The van der Waals surface area contributed by atoms with E-state index in [9.17, 15) is 0 Å². The van der Waals surface area contributed by atoms with Gasteiger partial charge in [0.2, 0.25) is 4.77 Å². The second kappa shape index (κ2) is 4.36. The van der Waals surface area contributed by atoms with Gasteiger partial charge in [0.1, 0.15) is 11.2 Å². The highest BCUT2D eigenvalue weighted by atomic mass is 32.1. The van der Waals surface area contributed by atoms with E-state index in [1.807, 2.05) is 15.7 Å². The molecule has 4 rings (SSSR count). The number of hydrogen-bond acceptors (Lipinski definition) is 4. The van der Waals surface area contributed by atoms with Gasteiger partial charge in [-0.2, -0.15) is 5.10 Å². The van der Waals surface area contributed by atoms with Crippen molar-refractivity contribution >= 4 is 39.4 Å². The Balaban J connectivity index is 1.94. The van der Waals surface area contributed by atoms with Gasteiger partial charge in [-0.1, -0.05) is 20.8 Å². The van der Waals surface area contributed by atoms with Crippen LogP contribution in [0.3, 0.4) is 0 Å². The third-order valence-corrected chi connectivity index (χ3v) is 6.14. The van der Waals surface area contributed by atoms with Crippen molar-refractivity contribution in [2.45, 2.75) is 40.0 Å². The van der Waals surface area contributed by atoms with Gasteiger partial charge >= 0.3 is 0 Å². The number of nitrogens with zero attached hydrogens (tertiary/aromatic N) is 3. The molecule has 1 atom stereocenters. The van der Waals surface area contributed by atoms with E-state index in [1.165, 1.54) is 22.2 Å². The van der Waals surface area contributed by atoms with Crippen molar-refractivity contribution in [3.8, 4) is 0 Å². The first-order chi connectivity index (χ1) is 9.95. The molecule has 0 aromatic carbocycles. The quantitative estimate of drug-likeness (QED) is 0.633. The van der Waals surface area contributed by atoms with E-state index in [0.29, 0.717) is 10.2 Å². The van der Waals surface area contributed by atoms with Crippen LogP contribution < -0.4 is 0 Å². The molecule has 3 aromatic heterocycles. The monoisotopic (exact) mass is 318 g/mol. The van der Waals surface area contributed by atoms with Crippen molar-refractivity contribution in [2.75, 3.05) is 0 Å². The number of aromatic amines is 1. The summed E-state index contributed by atoms with van der Waals surface area (Å²) in [5.41, 5.74) is 2.74. The molecular formula is C15H18N4S2. The number of aryl methyl sites for hydroxylation is 1. The Hall–Kier alpha value is -1.27. The molecular weight excluding hydrogens is 300 g/mol. The maximum absolute atomic E-state index is 5.25. The van der Waals surface area contributed by atoms with Gasteiger partial charge in [-0.15, -0.1) is 11.3 Å². The first kappa shape index (κ1) is 13.4. The lowest BCUT2D eigenvalue weighted by Gasteiger charge is -2.33. The molecule has 6 heteroatoms. The van der Waals surface area contributed by atoms with Crippen molar-refractivity contribution < 1.29 is 0 Å². The minimum Gasteiger partial charge on any atom is -0.258 e. The predicted octanol–water partition coefficient (Wildman–Crippen LogP) is 4.15. The molecule has 1 aliphatic rings. The van der Waals surface area contributed by atoms with Crippen LogP contribution in [-0.2, 0) is 12.8 Å². The molecule has 0 aliphatic heterocycles. The van der Waals surface area contributed by atoms with Crippen LogP contribution in [-0.4, -0.2) is 19.6 Å². The highest BCUT2D eigenvalue weighted by molar-refractivity contribution is 7.71. The van der Waals surface area contributed by atoms with Crippen molar-refractivity contribution in [3.63, 3.8) is 0 Å². The Morgan fingerprint density at radius 3 is 3.00 bits per heavy atom. The molecule has 0 saturated heterocycles. The number of thiophene rings is 1. The van der Waals surface area contributed by atoms with E-state index in [0.717, 1.165) is 29.2 Å². The number of aromatic nitrogens is 4. The zero-order chi connectivity index (χ0) is 14.8. The van der Waals surface area contributed by atoms with Crippen LogP contribution in [0, 0.1) is 16.1 Å². The average molecular weight is 318 g/mol. The van der Waals surface area contributed by atoms with Crippen LogP contribution >= 0.6 is 23.6 Å². The zero-order valence-electron chi connectivity index (χ0n) is 12.4. The normalized spacial score (nSPS) is 19.3. The molecule has 0 fully saturated rings. The summed E-state index contributed by atoms with van der Waals surface area (Å²) in [6, 6.07) is 0. The Kier molecular flexibility index (Phi) is 2.78. The Morgan fingerprint density at radius 2 is 2.24 bits per heavy atom. The van der Waals surface area contributed by atoms with E-state index < -0.39 is 0 Å². The van der Waals surface area contributed by atoms with Gasteiger partial charge in [0.25, 0.3) is 0 Å². The lowest BCUT2D eigenvalue weighted by Crippen LogP contribution is -2.26. The summed E-state index contributed by atoms with van der Waals surface area (Å²) in [5, 5.41) is 8.49. The maximum Gasteiger partial charge on any atom is 0.200 e. The van der Waals surface area contributed by atoms with Crippen LogP contribution in [0.25, 0.3) is 15.9 Å². The van der Waals surface area contributed by atoms with Gasteiger partial charge in [0.15, 0.2) is 5.65 Å². The molecule has 0 saturated carbocycles. The first-order valence-electron chi connectivity index (χ1n) is 7.31. The van der Waals surface area contributed by atoms with Gasteiger partial charge in [-0.3, -0.25) is 9.50 Å². The van der Waals surface area contributed by atoms with Crippen molar-refractivity contribution in [2.24, 2.45) is 11.3 Å². The molecule has 110 valence electrons. The second-order valence-corrected chi connectivity index (χ2v) is 8.43. The minimum atomic E-state index is 0.367. The summed E-state index contributed by atoms with van der Waals surface area (Å²) < 4.78 is 2.49. The molecule has 0 radical (unpaired) electrons. The van der Waals surface area contributed by atoms with Crippen LogP contribution in [0.15, 0.2) is 6.33 Å². The van der Waals surface area contributed by atoms with Gasteiger partial charge in [-0.25, -0.2) is 4.98 Å². The summed E-state index contributed by atoms with van der Waals surface area (Å²) in [6.45, 7) is 7.04. The number of hydrogen-bond donors (Lipinski definition) is 1. The SMILES string of the molecule is CC(C)(C)C1CCc2c(sc3ncn4c(=S)[nH]nc4c23)C1. The fraction of sp³-hybridized carbons (Fsp3) is 0.533. The Labute approximate surface area is 132 Å². The highest BCUT2D eigenvalue weighted by Crippen LogP contribution is 2.43. The summed E-state index contributed by atoms with van der Waals surface area (Å²) in [5.74, 6) is 0.745. The highest BCUT2D eigenvalue weighted by Gasteiger charge is 2.31. The average Bonchev–Trinajstić information content (AvgIpc) is 2.97. The van der Waals surface area contributed by atoms with Crippen molar-refractivity contribution in [1.82, 2.24) is 19.6 Å². The molecule has 1 unspecified atom stereocenters. The molecule has 0 amide bonds. The number of rotatable bonds is 0. The number of fused-ring (bicyclic) bond motifs is 5. The van der Waals surface area contributed by atoms with E-state index in [4.69, 9.17) is 12.2 Å². The zero-order valence-corrected chi connectivity index (χ0v) is 14.1. The molecule has 1 aliphatic carbocycles. The number of H-pyrrole nitrogens is 1. The molecule has 0 bridgehead atoms. The second-order valence-electron chi connectivity index (χ2n) is 6.96. The van der Waals surface area contributed by atoms with Crippen LogP contribution in [0.4, 0.5) is 0 Å². The van der Waals surface area contributed by atoms with Gasteiger partial charge in [-0.05, 0) is 48.4 Å². The fourth-order valence-electron chi connectivity index (χ4n) is 3.33. The molecule has 0 spiro atoms. The van der Waals surface area contributed by atoms with E-state index >= 15 is 0 Å². The van der Waals surface area contributed by atoms with Crippen LogP contribution in [0.5, 0.6) is 0 Å². The van der Waals surface area contributed by atoms with Gasteiger partial charge < -0.3 is 0 Å². The molecule has 21 heavy (non-hydrogen) atoms. The van der Waals surface area contributed by atoms with Crippen molar-refractivity contribution in [3.05, 3.63) is 21.5 Å². The molecule has 1 N–H and O–H groups in total. The Bertz CT molecular complexity index is 894. The van der Waals surface area contributed by atoms with Crippen LogP contribution in [0.2, 0.25) is 0 Å². The Morgan fingerprint density at radius 1 is 1.43 bits per heavy atom. The molecule has 3 aromatic rings. The summed E-state index contributed by atoms with van der Waals surface area (Å²) in [4.78, 5) is 7.17. The predicted molar refractivity (Wildman–Crippen MR) is 88.5 cm³/mol. The third-order valence-electron chi connectivity index (χ3n) is 4.69. The molecule has 3 heterocycles. The largest absolute Gasteiger partial charge is 0.258 e. The lowest BCUT2D eigenvalue weighted by molar-refractivity contribution is 0.218. The maximum atomic E-state index is 5.25. The topological polar surface area (TPSA) is 46.0 Å². The summed E-state index contributed by atoms with van der Waals surface area (Å²) in [6.07, 6.45) is 5.32. The fourth-order valence-corrected chi connectivity index (χ4v) is 4.77. The van der Waals surface area contributed by atoms with E-state index in [1.54, 1.807) is 6.33 Å². The van der Waals surface area contributed by atoms with E-state index in [-0.39, 0.29) is 0 Å². The standard InChI is InChI=1S/C15H18N4S2/c1-15(2,3)8-4-5-9-10(6-8)21-13-11(9)12-17-18-14(20)19(12)7-16-13/h7-8H,4-6H2,1-3H3,(H,18,20). The van der Waals surface area contributed by atoms with Crippen molar-refractivity contribution in [1.29, 1.82) is 0 Å². The third kappa shape index (κ3) is 1.96. The minimum absolute atomic E-state index is 0.367. The first-order valence-corrected chi connectivity index (χ1v) is 8.53. The van der Waals surface area contributed by atoms with Crippen LogP contribution in [0.1, 0.15) is 37.6 Å². The summed E-state index contributed by atoms with van der Waals surface area (Å²) >= 11 is 7.09. The lowest BCUT2D eigenvalue weighted by atomic mass is 9.72. The smallest absolute Gasteiger partial charge is 0.200 e. The number of nitrogens with one attached hydrogen (secondary N) is 1. The molecule has 4 nitrogen and oxygen atoms in total. The van der Waals surface area contributed by atoms with E-state index in [2.05, 4.69) is 36.0 Å².